The maximum absolute atomic E-state index is 10.7. The molecule has 0 spiro atoms. The molecule has 100 valence electrons. The molecule has 0 saturated carbocycles. The molecule has 0 saturated heterocycles. The van der Waals surface area contributed by atoms with E-state index < -0.39 is 4.92 Å². The van der Waals surface area contributed by atoms with Gasteiger partial charge < -0.3 is 5.32 Å². The SMILES string of the molecule is CSc1ccc(Nc2ccc([N+](=O)[O-])c(C#N)n2)cc1. The Hall–Kier alpha value is -2.59. The zero-order valence-corrected chi connectivity index (χ0v) is 11.3. The van der Waals surface area contributed by atoms with Crippen LogP contribution in [0.1, 0.15) is 5.69 Å². The van der Waals surface area contributed by atoms with Crippen LogP contribution in [0.5, 0.6) is 0 Å². The number of nitriles is 1. The first-order valence-corrected chi connectivity index (χ1v) is 6.83. The quantitative estimate of drug-likeness (QED) is 0.526. The molecule has 7 heteroatoms. The van der Waals surface area contributed by atoms with Crippen molar-refractivity contribution in [2.75, 3.05) is 11.6 Å². The molecule has 0 aliphatic heterocycles. The first-order valence-electron chi connectivity index (χ1n) is 5.60. The Labute approximate surface area is 119 Å². The number of benzene rings is 1. The summed E-state index contributed by atoms with van der Waals surface area (Å²) < 4.78 is 0. The van der Waals surface area contributed by atoms with Gasteiger partial charge in [0.25, 0.3) is 0 Å². The number of nitro groups is 1. The Bertz CT molecular complexity index is 680. The van der Waals surface area contributed by atoms with Crippen molar-refractivity contribution in [3.63, 3.8) is 0 Å². The van der Waals surface area contributed by atoms with Crippen LogP contribution in [0.2, 0.25) is 0 Å². The highest BCUT2D eigenvalue weighted by Crippen LogP contribution is 2.22. The molecule has 0 unspecified atom stereocenters. The van der Waals surface area contributed by atoms with Crippen molar-refractivity contribution in [2.24, 2.45) is 0 Å². The molecule has 1 N–H and O–H groups in total. The fourth-order valence-electron chi connectivity index (χ4n) is 1.57. The molecule has 1 heterocycles. The van der Waals surface area contributed by atoms with E-state index in [9.17, 15) is 10.1 Å². The van der Waals surface area contributed by atoms with Crippen LogP contribution in [0.25, 0.3) is 0 Å². The van der Waals surface area contributed by atoms with Crippen LogP contribution in [-0.2, 0) is 0 Å². The third kappa shape index (κ3) is 3.05. The molecule has 0 aliphatic carbocycles. The molecule has 0 aliphatic rings. The smallest absolute Gasteiger partial charge is 0.305 e. The van der Waals surface area contributed by atoms with Crippen LogP contribution in [-0.4, -0.2) is 16.2 Å². The van der Waals surface area contributed by atoms with Crippen molar-refractivity contribution in [3.8, 4) is 6.07 Å². The van der Waals surface area contributed by atoms with E-state index in [1.807, 2.05) is 30.5 Å². The van der Waals surface area contributed by atoms with Gasteiger partial charge in [-0.1, -0.05) is 0 Å². The highest BCUT2D eigenvalue weighted by Gasteiger charge is 2.15. The van der Waals surface area contributed by atoms with Gasteiger partial charge in [0, 0.05) is 16.6 Å². The molecule has 1 aromatic carbocycles. The summed E-state index contributed by atoms with van der Waals surface area (Å²) in [6, 6.07) is 12.1. The van der Waals surface area contributed by atoms with Crippen LogP contribution in [0, 0.1) is 21.4 Å². The minimum atomic E-state index is -0.622. The first-order chi connectivity index (χ1) is 9.63. The molecule has 0 amide bonds. The Kier molecular flexibility index (Phi) is 4.17. The number of hydrogen-bond acceptors (Lipinski definition) is 6. The second-order valence-corrected chi connectivity index (χ2v) is 4.67. The number of nitrogens with zero attached hydrogens (tertiary/aromatic N) is 3. The normalized spacial score (nSPS) is 9.80. The Morgan fingerprint density at radius 2 is 2.00 bits per heavy atom. The van der Waals surface area contributed by atoms with Crippen molar-refractivity contribution in [1.82, 2.24) is 4.98 Å². The van der Waals surface area contributed by atoms with Crippen LogP contribution < -0.4 is 5.32 Å². The largest absolute Gasteiger partial charge is 0.340 e. The maximum atomic E-state index is 10.7. The summed E-state index contributed by atoms with van der Waals surface area (Å²) in [5.74, 6) is 0.393. The first kappa shape index (κ1) is 13.8. The highest BCUT2D eigenvalue weighted by molar-refractivity contribution is 7.98. The summed E-state index contributed by atoms with van der Waals surface area (Å²) in [6.07, 6.45) is 1.99. The van der Waals surface area contributed by atoms with E-state index in [0.717, 1.165) is 10.6 Å². The summed E-state index contributed by atoms with van der Waals surface area (Å²) in [6.45, 7) is 0. The lowest BCUT2D eigenvalue weighted by Gasteiger charge is -2.06. The molecule has 0 radical (unpaired) electrons. The van der Waals surface area contributed by atoms with Crippen LogP contribution in [0.15, 0.2) is 41.3 Å². The second kappa shape index (κ2) is 6.04. The van der Waals surface area contributed by atoms with Gasteiger partial charge in [-0.2, -0.15) is 5.26 Å². The molecular formula is C13H10N4O2S. The van der Waals surface area contributed by atoms with Gasteiger partial charge in [-0.15, -0.1) is 11.8 Å². The maximum Gasteiger partial charge on any atom is 0.305 e. The predicted octanol–water partition coefficient (Wildman–Crippen LogP) is 3.33. The topological polar surface area (TPSA) is 91.9 Å². The zero-order chi connectivity index (χ0) is 14.5. The van der Waals surface area contributed by atoms with Gasteiger partial charge in [0.2, 0.25) is 5.69 Å². The third-order valence-corrected chi connectivity index (χ3v) is 3.28. The molecule has 6 nitrogen and oxygen atoms in total. The van der Waals surface area contributed by atoms with E-state index >= 15 is 0 Å². The molecule has 0 atom stereocenters. The number of anilines is 2. The van der Waals surface area contributed by atoms with Gasteiger partial charge in [-0.3, -0.25) is 10.1 Å². The monoisotopic (exact) mass is 286 g/mol. The van der Waals surface area contributed by atoms with Crippen LogP contribution in [0.3, 0.4) is 0 Å². The molecular weight excluding hydrogens is 276 g/mol. The second-order valence-electron chi connectivity index (χ2n) is 3.79. The van der Waals surface area contributed by atoms with Gasteiger partial charge in [0.1, 0.15) is 11.9 Å². The van der Waals surface area contributed by atoms with Crippen LogP contribution in [0.4, 0.5) is 17.2 Å². The number of thioether (sulfide) groups is 1. The average Bonchev–Trinajstić information content (AvgIpc) is 2.47. The van der Waals surface area contributed by atoms with Gasteiger partial charge in [0.15, 0.2) is 0 Å². The summed E-state index contributed by atoms with van der Waals surface area (Å²) in [5, 5.41) is 22.6. The minimum Gasteiger partial charge on any atom is -0.340 e. The molecule has 0 bridgehead atoms. The van der Waals surface area contributed by atoms with E-state index in [0.29, 0.717) is 5.82 Å². The Balaban J connectivity index is 2.25. The summed E-state index contributed by atoms with van der Waals surface area (Å²) in [4.78, 5) is 15.2. The zero-order valence-electron chi connectivity index (χ0n) is 10.5. The molecule has 20 heavy (non-hydrogen) atoms. The summed E-state index contributed by atoms with van der Waals surface area (Å²) in [7, 11) is 0. The Morgan fingerprint density at radius 3 is 2.55 bits per heavy atom. The van der Waals surface area contributed by atoms with Crippen molar-refractivity contribution < 1.29 is 4.92 Å². The fourth-order valence-corrected chi connectivity index (χ4v) is 1.98. The predicted molar refractivity (Wildman–Crippen MR) is 77.1 cm³/mol. The lowest BCUT2D eigenvalue weighted by molar-refractivity contribution is -0.385. The lowest BCUT2D eigenvalue weighted by atomic mass is 10.3. The van der Waals surface area contributed by atoms with E-state index in [4.69, 9.17) is 5.26 Å². The van der Waals surface area contributed by atoms with Crippen molar-refractivity contribution in [1.29, 1.82) is 5.26 Å². The fraction of sp³-hybridized carbons (Fsp3) is 0.0769. The molecule has 0 fully saturated rings. The summed E-state index contributed by atoms with van der Waals surface area (Å²) in [5.41, 5.74) is 0.296. The van der Waals surface area contributed by atoms with Gasteiger partial charge in [-0.05, 0) is 36.6 Å². The highest BCUT2D eigenvalue weighted by atomic mass is 32.2. The number of hydrogen-bond donors (Lipinski definition) is 1. The van der Waals surface area contributed by atoms with Crippen molar-refractivity contribution in [2.45, 2.75) is 4.90 Å². The average molecular weight is 286 g/mol. The van der Waals surface area contributed by atoms with E-state index in [-0.39, 0.29) is 11.4 Å². The summed E-state index contributed by atoms with van der Waals surface area (Å²) >= 11 is 1.63. The van der Waals surface area contributed by atoms with Crippen molar-refractivity contribution >= 4 is 29.0 Å². The van der Waals surface area contributed by atoms with Crippen LogP contribution >= 0.6 is 11.8 Å². The van der Waals surface area contributed by atoms with Gasteiger partial charge in [-0.25, -0.2) is 4.98 Å². The minimum absolute atomic E-state index is 0.208. The Morgan fingerprint density at radius 1 is 1.30 bits per heavy atom. The molecule has 2 aromatic rings. The van der Waals surface area contributed by atoms with E-state index in [1.165, 1.54) is 12.1 Å². The van der Waals surface area contributed by atoms with E-state index in [2.05, 4.69) is 10.3 Å². The standard InChI is InChI=1S/C13H10N4O2S/c1-20-10-4-2-9(3-5-10)15-13-7-6-12(17(18)19)11(8-14)16-13/h2-7H,1H3,(H,15,16). The van der Waals surface area contributed by atoms with Gasteiger partial charge >= 0.3 is 5.69 Å². The third-order valence-electron chi connectivity index (χ3n) is 2.54. The van der Waals surface area contributed by atoms with E-state index in [1.54, 1.807) is 17.8 Å². The number of pyridine rings is 1. The lowest BCUT2D eigenvalue weighted by Crippen LogP contribution is -1.99. The van der Waals surface area contributed by atoms with Gasteiger partial charge in [0.05, 0.1) is 4.92 Å². The molecule has 2 rings (SSSR count). The number of nitrogens with one attached hydrogen (secondary N) is 1. The van der Waals surface area contributed by atoms with Crippen molar-refractivity contribution in [3.05, 3.63) is 52.2 Å². The number of aromatic nitrogens is 1. The molecule has 1 aromatic heterocycles. The number of rotatable bonds is 4.